The molecular formula is C25H17Cl2FN2O3S. The summed E-state index contributed by atoms with van der Waals surface area (Å²) in [4.78, 5) is 12.9. The molecule has 1 aliphatic rings. The van der Waals surface area contributed by atoms with Gasteiger partial charge in [0.1, 0.15) is 11.6 Å². The molecule has 0 N–H and O–H groups in total. The van der Waals surface area contributed by atoms with Crippen LogP contribution < -0.4 is 9.86 Å². The molecule has 172 valence electrons. The fourth-order valence-corrected chi connectivity index (χ4v) is 6.27. The van der Waals surface area contributed by atoms with Crippen molar-refractivity contribution < 1.29 is 12.8 Å². The van der Waals surface area contributed by atoms with Gasteiger partial charge in [0.25, 0.3) is 15.6 Å². The molecule has 34 heavy (non-hydrogen) atoms. The second-order valence-electron chi connectivity index (χ2n) is 7.84. The van der Waals surface area contributed by atoms with E-state index in [1.54, 1.807) is 54.6 Å². The Kier molecular flexibility index (Phi) is 5.72. The molecule has 2 atom stereocenters. The highest BCUT2D eigenvalue weighted by Crippen LogP contribution is 2.49. The molecule has 0 fully saturated rings. The van der Waals surface area contributed by atoms with E-state index < -0.39 is 27.9 Å². The summed E-state index contributed by atoms with van der Waals surface area (Å²) in [6.07, 6.45) is 0. The number of fused-ring (bicyclic) bond motifs is 1. The predicted molar refractivity (Wildman–Crippen MR) is 131 cm³/mol. The second kappa shape index (κ2) is 8.58. The van der Waals surface area contributed by atoms with Crippen LogP contribution in [0.15, 0.2) is 101 Å². The maximum Gasteiger partial charge on any atom is 0.266 e. The van der Waals surface area contributed by atoms with Crippen molar-refractivity contribution in [3.63, 3.8) is 0 Å². The maximum absolute atomic E-state index is 14.0. The largest absolute Gasteiger partial charge is 0.284 e. The molecule has 0 saturated carbocycles. The van der Waals surface area contributed by atoms with Crippen molar-refractivity contribution in [1.29, 1.82) is 0 Å². The van der Waals surface area contributed by atoms with Crippen molar-refractivity contribution in [3.8, 4) is 0 Å². The zero-order valence-corrected chi connectivity index (χ0v) is 19.8. The van der Waals surface area contributed by atoms with Crippen molar-refractivity contribution in [2.75, 3.05) is 4.31 Å². The Bertz CT molecular complexity index is 1540. The summed E-state index contributed by atoms with van der Waals surface area (Å²) in [5, 5.41) is 0.994. The number of hydrogen-bond acceptors (Lipinski definition) is 3. The zero-order chi connectivity index (χ0) is 24.0. The first-order valence-electron chi connectivity index (χ1n) is 10.3. The monoisotopic (exact) mass is 514 g/mol. The lowest BCUT2D eigenvalue weighted by atomic mass is 9.94. The van der Waals surface area contributed by atoms with E-state index in [-0.39, 0.29) is 16.3 Å². The molecule has 5 rings (SSSR count). The molecule has 3 aromatic carbocycles. The number of sulfonamides is 1. The number of rotatable bonds is 4. The number of hydrogen-bond donors (Lipinski definition) is 0. The highest BCUT2D eigenvalue weighted by atomic mass is 35.5. The first kappa shape index (κ1) is 22.7. The molecule has 0 aliphatic carbocycles. The third-order valence-corrected chi connectivity index (χ3v) is 8.09. The van der Waals surface area contributed by atoms with Gasteiger partial charge in [-0.2, -0.15) is 0 Å². The summed E-state index contributed by atoms with van der Waals surface area (Å²) >= 11 is 12.2. The summed E-state index contributed by atoms with van der Waals surface area (Å²) in [7, 11) is -4.27. The molecule has 4 aromatic rings. The Morgan fingerprint density at radius 1 is 0.735 bits per heavy atom. The summed E-state index contributed by atoms with van der Waals surface area (Å²) in [6, 6.07) is 21.4. The minimum atomic E-state index is -4.27. The number of anilines is 1. The highest BCUT2D eigenvalue weighted by Gasteiger charge is 2.47. The lowest BCUT2D eigenvalue weighted by Crippen LogP contribution is -2.33. The minimum Gasteiger partial charge on any atom is -0.284 e. The fourth-order valence-electron chi connectivity index (χ4n) is 4.34. The van der Waals surface area contributed by atoms with E-state index in [2.05, 4.69) is 0 Å². The number of pyridine rings is 1. The van der Waals surface area contributed by atoms with Crippen molar-refractivity contribution in [2.24, 2.45) is 0 Å². The molecule has 0 amide bonds. The lowest BCUT2D eigenvalue weighted by Gasteiger charge is -2.29. The topological polar surface area (TPSA) is 59.4 Å². The van der Waals surface area contributed by atoms with Gasteiger partial charge in [0.2, 0.25) is 0 Å². The van der Waals surface area contributed by atoms with Crippen molar-refractivity contribution in [1.82, 2.24) is 4.57 Å². The van der Waals surface area contributed by atoms with E-state index >= 15 is 0 Å². The molecule has 1 aliphatic heterocycles. The first-order valence-corrected chi connectivity index (χ1v) is 12.5. The van der Waals surface area contributed by atoms with E-state index in [0.29, 0.717) is 21.2 Å². The smallest absolute Gasteiger partial charge is 0.266 e. The summed E-state index contributed by atoms with van der Waals surface area (Å²) in [5.74, 6) is -0.500. The van der Waals surface area contributed by atoms with Crippen LogP contribution in [0.1, 0.15) is 23.2 Å². The van der Waals surface area contributed by atoms with Gasteiger partial charge in [0.05, 0.1) is 17.0 Å². The molecule has 0 bridgehead atoms. The van der Waals surface area contributed by atoms with Crippen LogP contribution in [0, 0.1) is 5.82 Å². The average molecular weight is 515 g/mol. The summed E-state index contributed by atoms with van der Waals surface area (Å²) in [6.45, 7) is 0. The van der Waals surface area contributed by atoms with E-state index in [4.69, 9.17) is 23.2 Å². The van der Waals surface area contributed by atoms with Gasteiger partial charge in [-0.15, -0.1) is 0 Å². The van der Waals surface area contributed by atoms with Crippen LogP contribution in [0.5, 0.6) is 0 Å². The van der Waals surface area contributed by atoms with Gasteiger partial charge in [-0.3, -0.25) is 9.36 Å². The molecule has 0 unspecified atom stereocenters. The van der Waals surface area contributed by atoms with Crippen LogP contribution in [0.4, 0.5) is 10.2 Å². The summed E-state index contributed by atoms with van der Waals surface area (Å²) in [5.41, 5.74) is 0.941. The Labute approximate surface area is 205 Å². The van der Waals surface area contributed by atoms with Gasteiger partial charge in [0.15, 0.2) is 0 Å². The molecule has 0 radical (unpaired) electrons. The molecular weight excluding hydrogens is 498 g/mol. The molecule has 2 heterocycles. The van der Waals surface area contributed by atoms with Gasteiger partial charge in [0, 0.05) is 16.1 Å². The van der Waals surface area contributed by atoms with Crippen LogP contribution in [-0.2, 0) is 10.0 Å². The Morgan fingerprint density at radius 2 is 1.29 bits per heavy atom. The lowest BCUT2D eigenvalue weighted by molar-refractivity contribution is 0.529. The van der Waals surface area contributed by atoms with Crippen molar-refractivity contribution in [2.45, 2.75) is 17.0 Å². The van der Waals surface area contributed by atoms with Gasteiger partial charge in [-0.1, -0.05) is 59.6 Å². The number of halogens is 3. The number of aromatic nitrogens is 1. The van der Waals surface area contributed by atoms with Crippen molar-refractivity contribution in [3.05, 3.63) is 128 Å². The fraction of sp³-hybridized carbons (Fsp3) is 0.0800. The number of benzene rings is 3. The van der Waals surface area contributed by atoms with Crippen molar-refractivity contribution >= 4 is 39.0 Å². The van der Waals surface area contributed by atoms with E-state index in [1.165, 1.54) is 39.2 Å². The zero-order valence-electron chi connectivity index (χ0n) is 17.5. The SMILES string of the molecule is O=c1cccc2n1[C@@H](c1ccc(Cl)cc1)[C@@H](c1ccc(Cl)cc1)N2S(=O)(=O)c1cccc(F)c1. The number of nitrogens with zero attached hydrogens (tertiary/aromatic N) is 2. The molecule has 5 nitrogen and oxygen atoms in total. The quantitative estimate of drug-likeness (QED) is 0.344. The average Bonchev–Trinajstić information content (AvgIpc) is 3.17. The highest BCUT2D eigenvalue weighted by molar-refractivity contribution is 7.92. The normalized spacial score (nSPS) is 17.6. The Hall–Kier alpha value is -3.13. The maximum atomic E-state index is 14.0. The van der Waals surface area contributed by atoms with Crippen LogP contribution >= 0.6 is 23.2 Å². The van der Waals surface area contributed by atoms with Crippen LogP contribution in [0.3, 0.4) is 0 Å². The predicted octanol–water partition coefficient (Wildman–Crippen LogP) is 5.83. The van der Waals surface area contributed by atoms with E-state index in [9.17, 15) is 17.6 Å². The molecule has 1 aromatic heterocycles. The molecule has 9 heteroatoms. The Balaban J connectivity index is 1.82. The standard InChI is InChI=1S/C25H17Cl2FN2O3S/c26-18-11-7-16(8-12-18)24-25(17-9-13-19(27)14-10-17)30(22-5-2-6-23(31)29(22)24)34(32,33)21-4-1-3-20(28)15-21/h1-15,24-25H/t24-,25+/m0/s1. The second-order valence-corrected chi connectivity index (χ2v) is 10.5. The van der Waals surface area contributed by atoms with E-state index in [1.807, 2.05) is 0 Å². The molecule has 0 spiro atoms. The Morgan fingerprint density at radius 3 is 1.88 bits per heavy atom. The van der Waals surface area contributed by atoms with Crippen LogP contribution in [0.2, 0.25) is 10.0 Å². The third-order valence-electron chi connectivity index (χ3n) is 5.80. The first-order chi connectivity index (χ1) is 16.3. The van der Waals surface area contributed by atoms with E-state index in [0.717, 1.165) is 6.07 Å². The van der Waals surface area contributed by atoms with Gasteiger partial charge < -0.3 is 0 Å². The van der Waals surface area contributed by atoms with Gasteiger partial charge >= 0.3 is 0 Å². The molecule has 0 saturated heterocycles. The van der Waals surface area contributed by atoms with Crippen LogP contribution in [0.25, 0.3) is 0 Å². The van der Waals surface area contributed by atoms with Gasteiger partial charge in [-0.25, -0.2) is 17.1 Å². The minimum absolute atomic E-state index is 0.177. The summed E-state index contributed by atoms with van der Waals surface area (Å²) < 4.78 is 44.5. The third kappa shape index (κ3) is 3.79. The van der Waals surface area contributed by atoms with Crippen LogP contribution in [-0.4, -0.2) is 13.0 Å². The van der Waals surface area contributed by atoms with Gasteiger partial charge in [-0.05, 0) is 59.7 Å².